The Bertz CT molecular complexity index is 1230. The molecule has 3 aromatic rings. The fourth-order valence-corrected chi connectivity index (χ4v) is 5.22. The van der Waals surface area contributed by atoms with E-state index in [1.807, 2.05) is 23.6 Å². The van der Waals surface area contributed by atoms with Crippen molar-refractivity contribution in [3.8, 4) is 5.75 Å². The van der Waals surface area contributed by atoms with Gasteiger partial charge in [0.25, 0.3) is 4.84 Å². The van der Waals surface area contributed by atoms with Gasteiger partial charge in [0.15, 0.2) is 5.58 Å². The maximum Gasteiger partial charge on any atom is 0.270 e. The Hall–Kier alpha value is -2.20. The highest BCUT2D eigenvalue weighted by molar-refractivity contribution is 7.89. The van der Waals surface area contributed by atoms with Crippen molar-refractivity contribution in [2.75, 3.05) is 27.2 Å². The van der Waals surface area contributed by atoms with Gasteiger partial charge in [0, 0.05) is 26.7 Å². The predicted molar refractivity (Wildman–Crippen MR) is 122 cm³/mol. The molecule has 0 amide bonds. The molecule has 1 aliphatic heterocycles. The lowest BCUT2D eigenvalue weighted by Crippen LogP contribution is -2.26. The van der Waals surface area contributed by atoms with Crippen LogP contribution >= 0.6 is 12.2 Å². The van der Waals surface area contributed by atoms with E-state index in [1.165, 1.54) is 24.0 Å². The van der Waals surface area contributed by atoms with Gasteiger partial charge >= 0.3 is 0 Å². The summed E-state index contributed by atoms with van der Waals surface area (Å²) in [5.74, 6) is 0.869. The molecule has 1 unspecified atom stereocenters. The van der Waals surface area contributed by atoms with E-state index in [0.29, 0.717) is 29.2 Å². The van der Waals surface area contributed by atoms with Gasteiger partial charge in [-0.15, -0.1) is 0 Å². The Morgan fingerprint density at radius 1 is 1.19 bits per heavy atom. The molecule has 0 saturated carbocycles. The van der Waals surface area contributed by atoms with Crippen LogP contribution in [0.15, 0.2) is 51.8 Å². The molecule has 31 heavy (non-hydrogen) atoms. The molecule has 166 valence electrons. The monoisotopic (exact) mass is 461 g/mol. The number of oxazole rings is 1. The minimum atomic E-state index is -3.55. The average molecular weight is 462 g/mol. The number of aromatic nitrogens is 1. The Morgan fingerprint density at radius 2 is 1.94 bits per heavy atom. The van der Waals surface area contributed by atoms with Crippen molar-refractivity contribution < 1.29 is 17.6 Å². The fraction of sp³-hybridized carbons (Fsp3) is 0.409. The topological polar surface area (TPSA) is 67.9 Å². The van der Waals surface area contributed by atoms with Gasteiger partial charge in [-0.05, 0) is 67.9 Å². The molecule has 1 aliphatic rings. The molecule has 0 N–H and O–H groups in total. The third-order valence-corrected chi connectivity index (χ3v) is 7.79. The lowest BCUT2D eigenvalue weighted by Gasteiger charge is -2.25. The number of likely N-dealkylation sites (tertiary alicyclic amines) is 1. The van der Waals surface area contributed by atoms with E-state index in [9.17, 15) is 8.42 Å². The number of benzene rings is 2. The third-order valence-electron chi connectivity index (χ3n) is 5.68. The second-order valence-electron chi connectivity index (χ2n) is 7.83. The first-order valence-corrected chi connectivity index (χ1v) is 12.2. The molecule has 1 aromatic heterocycles. The molecular formula is C22H27N3O4S2. The highest BCUT2D eigenvalue weighted by Crippen LogP contribution is 2.34. The minimum absolute atomic E-state index is 0.221. The molecular weight excluding hydrogens is 434 g/mol. The van der Waals surface area contributed by atoms with Crippen molar-refractivity contribution in [1.29, 1.82) is 0 Å². The Kier molecular flexibility index (Phi) is 6.20. The number of sulfonamides is 1. The fourth-order valence-electron chi connectivity index (χ4n) is 4.05. The zero-order valence-corrected chi connectivity index (χ0v) is 19.6. The molecule has 9 heteroatoms. The third kappa shape index (κ3) is 4.27. The van der Waals surface area contributed by atoms with Gasteiger partial charge in [-0.2, -0.15) is 0 Å². The predicted octanol–water partition coefficient (Wildman–Crippen LogP) is 4.41. The highest BCUT2D eigenvalue weighted by atomic mass is 32.2. The van der Waals surface area contributed by atoms with Crippen LogP contribution in [-0.4, -0.2) is 49.4 Å². The molecule has 4 rings (SSSR count). The Labute approximate surface area is 187 Å². The van der Waals surface area contributed by atoms with E-state index < -0.39 is 10.0 Å². The maximum atomic E-state index is 12.6. The second kappa shape index (κ2) is 8.74. The lowest BCUT2D eigenvalue weighted by atomic mass is 10.0. The van der Waals surface area contributed by atoms with Gasteiger partial charge in [0.2, 0.25) is 10.0 Å². The Balaban J connectivity index is 1.65. The summed E-state index contributed by atoms with van der Waals surface area (Å²) in [6.45, 7) is 4.09. The molecule has 1 fully saturated rings. The number of nitrogens with zero attached hydrogens (tertiary/aromatic N) is 3. The number of rotatable bonds is 7. The van der Waals surface area contributed by atoms with Crippen molar-refractivity contribution in [2.45, 2.75) is 37.4 Å². The standard InChI is InChI=1S/C22H27N3O4S2/c1-4-28-17-9-7-16(8-10-17)19-6-5-13-24(19)15-25-20-14-18(31(26,27)23(2)3)11-12-21(20)29-22(25)30/h7-12,14,19H,4-6,13,15H2,1-3H3. The first kappa shape index (κ1) is 22.0. The molecule has 0 bridgehead atoms. The summed E-state index contributed by atoms with van der Waals surface area (Å²) in [7, 11) is -0.505. The van der Waals surface area contributed by atoms with E-state index in [4.69, 9.17) is 21.4 Å². The van der Waals surface area contributed by atoms with E-state index in [2.05, 4.69) is 17.0 Å². The highest BCUT2D eigenvalue weighted by Gasteiger charge is 2.27. The lowest BCUT2D eigenvalue weighted by molar-refractivity contribution is 0.200. The van der Waals surface area contributed by atoms with Crippen LogP contribution in [0, 0.1) is 4.84 Å². The van der Waals surface area contributed by atoms with Crippen LogP contribution in [0.1, 0.15) is 31.4 Å². The molecule has 0 aliphatic carbocycles. The van der Waals surface area contributed by atoms with Gasteiger partial charge in [0.1, 0.15) is 5.75 Å². The summed E-state index contributed by atoms with van der Waals surface area (Å²) in [6, 6.07) is 13.4. The minimum Gasteiger partial charge on any atom is -0.494 e. The molecule has 2 heterocycles. The van der Waals surface area contributed by atoms with Crippen molar-refractivity contribution in [1.82, 2.24) is 13.8 Å². The van der Waals surface area contributed by atoms with Crippen LogP contribution in [0.3, 0.4) is 0 Å². The zero-order chi connectivity index (χ0) is 22.2. The van der Waals surface area contributed by atoms with Crippen LogP contribution in [0.25, 0.3) is 11.1 Å². The maximum absolute atomic E-state index is 12.6. The molecule has 0 radical (unpaired) electrons. The zero-order valence-electron chi connectivity index (χ0n) is 17.9. The van der Waals surface area contributed by atoms with Gasteiger partial charge in [-0.1, -0.05) is 12.1 Å². The summed E-state index contributed by atoms with van der Waals surface area (Å²) in [4.78, 5) is 2.92. The number of ether oxygens (including phenoxy) is 1. The summed E-state index contributed by atoms with van der Waals surface area (Å²) < 4.78 is 39.6. The van der Waals surface area contributed by atoms with Gasteiger partial charge in [-0.3, -0.25) is 9.47 Å². The number of hydrogen-bond acceptors (Lipinski definition) is 6. The van der Waals surface area contributed by atoms with Crippen LogP contribution < -0.4 is 4.74 Å². The largest absolute Gasteiger partial charge is 0.494 e. The van der Waals surface area contributed by atoms with E-state index >= 15 is 0 Å². The van der Waals surface area contributed by atoms with E-state index in [-0.39, 0.29) is 10.9 Å². The van der Waals surface area contributed by atoms with Gasteiger partial charge in [0.05, 0.1) is 23.7 Å². The summed E-state index contributed by atoms with van der Waals surface area (Å²) in [6.07, 6.45) is 2.14. The van der Waals surface area contributed by atoms with Gasteiger partial charge < -0.3 is 9.15 Å². The second-order valence-corrected chi connectivity index (χ2v) is 10.3. The average Bonchev–Trinajstić information content (AvgIpc) is 3.33. The summed E-state index contributed by atoms with van der Waals surface area (Å²) in [5.41, 5.74) is 2.50. The molecule has 0 spiro atoms. The van der Waals surface area contributed by atoms with E-state index in [0.717, 1.165) is 25.1 Å². The van der Waals surface area contributed by atoms with Crippen molar-refractivity contribution in [3.05, 3.63) is 52.9 Å². The van der Waals surface area contributed by atoms with E-state index in [1.54, 1.807) is 18.2 Å². The quantitative estimate of drug-likeness (QED) is 0.486. The number of fused-ring (bicyclic) bond motifs is 1. The SMILES string of the molecule is CCOc1ccc(C2CCCN2Cn2c(=S)oc3ccc(S(=O)(=O)N(C)C)cc32)cc1. The first-order chi connectivity index (χ1) is 14.8. The van der Waals surface area contributed by atoms with Gasteiger partial charge in [-0.25, -0.2) is 12.7 Å². The normalized spacial score (nSPS) is 17.6. The van der Waals surface area contributed by atoms with Crippen molar-refractivity contribution in [3.63, 3.8) is 0 Å². The Morgan fingerprint density at radius 3 is 2.61 bits per heavy atom. The summed E-state index contributed by atoms with van der Waals surface area (Å²) in [5, 5.41) is 0. The van der Waals surface area contributed by atoms with Crippen LogP contribution in [0.5, 0.6) is 5.75 Å². The molecule has 1 saturated heterocycles. The van der Waals surface area contributed by atoms with Crippen LogP contribution in [0.2, 0.25) is 0 Å². The first-order valence-electron chi connectivity index (χ1n) is 10.3. The van der Waals surface area contributed by atoms with Crippen molar-refractivity contribution in [2.24, 2.45) is 0 Å². The molecule has 7 nitrogen and oxygen atoms in total. The molecule has 1 atom stereocenters. The molecule has 2 aromatic carbocycles. The smallest absolute Gasteiger partial charge is 0.270 e. The van der Waals surface area contributed by atoms with Crippen molar-refractivity contribution >= 4 is 33.3 Å². The van der Waals surface area contributed by atoms with Crippen LogP contribution in [0.4, 0.5) is 0 Å². The summed E-state index contributed by atoms with van der Waals surface area (Å²) >= 11 is 5.47. The number of hydrogen-bond donors (Lipinski definition) is 0. The van der Waals surface area contributed by atoms with Crippen LogP contribution in [-0.2, 0) is 16.7 Å².